The lowest BCUT2D eigenvalue weighted by Gasteiger charge is -2.00. The van der Waals surface area contributed by atoms with Crippen molar-refractivity contribution < 1.29 is 0 Å². The Kier molecular flexibility index (Phi) is 3.08. The van der Waals surface area contributed by atoms with Crippen molar-refractivity contribution in [2.24, 2.45) is 5.92 Å². The molecule has 1 fully saturated rings. The van der Waals surface area contributed by atoms with Crippen LogP contribution in [0.3, 0.4) is 0 Å². The van der Waals surface area contributed by atoms with Crippen LogP contribution < -0.4 is 5.69 Å². The highest BCUT2D eigenvalue weighted by atomic mass is 35.5. The monoisotopic (exact) mass is 318 g/mol. The Morgan fingerprint density at radius 3 is 2.63 bits per heavy atom. The standard InChI is InChI=1S/C11H9Cl3N4O/c12-8-3-1-2-4-9(8)18-10(19)17(15-16-18)6-7-5-11(7,13)14/h1-4,7H,5-6H2. The highest BCUT2D eigenvalue weighted by Crippen LogP contribution is 2.53. The summed E-state index contributed by atoms with van der Waals surface area (Å²) in [5.74, 6) is 0.0323. The van der Waals surface area contributed by atoms with Crippen LogP contribution in [0.5, 0.6) is 0 Å². The zero-order valence-electron chi connectivity index (χ0n) is 9.63. The number of nitrogens with zero attached hydrogens (tertiary/aromatic N) is 4. The number of alkyl halides is 2. The maximum absolute atomic E-state index is 12.2. The van der Waals surface area contributed by atoms with Crippen molar-refractivity contribution in [3.8, 4) is 5.69 Å². The van der Waals surface area contributed by atoms with Gasteiger partial charge in [-0.25, -0.2) is 4.79 Å². The van der Waals surface area contributed by atoms with Crippen molar-refractivity contribution in [2.45, 2.75) is 17.3 Å². The number of halogens is 3. The Balaban J connectivity index is 1.92. The van der Waals surface area contributed by atoms with E-state index in [9.17, 15) is 4.79 Å². The van der Waals surface area contributed by atoms with E-state index >= 15 is 0 Å². The second-order valence-corrected chi connectivity index (χ2v) is 6.42. The quantitative estimate of drug-likeness (QED) is 0.816. The molecule has 8 heteroatoms. The molecule has 0 N–H and O–H groups in total. The molecule has 1 aromatic heterocycles. The highest BCUT2D eigenvalue weighted by molar-refractivity contribution is 6.50. The Morgan fingerprint density at radius 1 is 1.32 bits per heavy atom. The number of para-hydroxylation sites is 1. The van der Waals surface area contributed by atoms with Crippen LogP contribution in [0.1, 0.15) is 6.42 Å². The molecule has 1 heterocycles. The van der Waals surface area contributed by atoms with E-state index in [4.69, 9.17) is 34.8 Å². The number of aromatic nitrogens is 4. The molecule has 5 nitrogen and oxygen atoms in total. The van der Waals surface area contributed by atoms with Gasteiger partial charge in [-0.1, -0.05) is 23.7 Å². The molecule has 2 aromatic rings. The maximum atomic E-state index is 12.2. The highest BCUT2D eigenvalue weighted by Gasteiger charge is 2.52. The van der Waals surface area contributed by atoms with Crippen molar-refractivity contribution >= 4 is 34.8 Å². The summed E-state index contributed by atoms with van der Waals surface area (Å²) in [6.45, 7) is 0.357. The van der Waals surface area contributed by atoms with Crippen molar-refractivity contribution in [2.75, 3.05) is 0 Å². The first kappa shape index (κ1) is 13.0. The van der Waals surface area contributed by atoms with Crippen molar-refractivity contribution in [1.29, 1.82) is 0 Å². The van der Waals surface area contributed by atoms with E-state index in [1.807, 2.05) is 0 Å². The van der Waals surface area contributed by atoms with Gasteiger partial charge in [0.05, 0.1) is 17.3 Å². The molecule has 100 valence electrons. The summed E-state index contributed by atoms with van der Waals surface area (Å²) in [7, 11) is 0. The predicted octanol–water partition coefficient (Wildman–Crippen LogP) is 2.28. The smallest absolute Gasteiger partial charge is 0.244 e. The lowest BCUT2D eigenvalue weighted by Crippen LogP contribution is -2.25. The van der Waals surface area contributed by atoms with Gasteiger partial charge in [-0.3, -0.25) is 0 Å². The molecule has 0 spiro atoms. The first-order valence-corrected chi connectivity index (χ1v) is 6.78. The van der Waals surface area contributed by atoms with Crippen molar-refractivity contribution in [1.82, 2.24) is 19.8 Å². The van der Waals surface area contributed by atoms with E-state index < -0.39 is 4.33 Å². The van der Waals surface area contributed by atoms with Gasteiger partial charge >= 0.3 is 5.69 Å². The Hall–Kier alpha value is -1.04. The number of benzene rings is 1. The lowest BCUT2D eigenvalue weighted by molar-refractivity contribution is 0.527. The lowest BCUT2D eigenvalue weighted by atomic mass is 10.3. The fraction of sp³-hybridized carbons (Fsp3) is 0.364. The molecule has 1 aliphatic carbocycles. The molecule has 1 atom stereocenters. The molecular formula is C11H9Cl3N4O. The molecular weight excluding hydrogens is 311 g/mol. The molecule has 1 saturated carbocycles. The summed E-state index contributed by atoms with van der Waals surface area (Å²) in [6.07, 6.45) is 0.654. The van der Waals surface area contributed by atoms with Crippen LogP contribution in [0.2, 0.25) is 5.02 Å². The number of hydrogen-bond acceptors (Lipinski definition) is 3. The van der Waals surface area contributed by atoms with Gasteiger partial charge in [0.15, 0.2) is 0 Å². The van der Waals surface area contributed by atoms with Gasteiger partial charge in [-0.15, -0.1) is 23.2 Å². The zero-order chi connectivity index (χ0) is 13.6. The minimum atomic E-state index is -0.742. The third-order valence-electron chi connectivity index (χ3n) is 3.07. The van der Waals surface area contributed by atoms with Gasteiger partial charge < -0.3 is 0 Å². The molecule has 0 radical (unpaired) electrons. The van der Waals surface area contributed by atoms with E-state index in [0.717, 1.165) is 4.68 Å². The molecule has 1 aliphatic rings. The molecule has 1 unspecified atom stereocenters. The van der Waals surface area contributed by atoms with Gasteiger partial charge in [0, 0.05) is 5.92 Å². The molecule has 19 heavy (non-hydrogen) atoms. The van der Waals surface area contributed by atoms with Crippen LogP contribution in [0.25, 0.3) is 5.69 Å². The average Bonchev–Trinajstić information content (AvgIpc) is 2.79. The number of rotatable bonds is 3. The minimum Gasteiger partial charge on any atom is -0.244 e. The first-order valence-electron chi connectivity index (χ1n) is 5.64. The second kappa shape index (κ2) is 4.51. The van der Waals surface area contributed by atoms with Crippen LogP contribution in [0.15, 0.2) is 29.1 Å². The first-order chi connectivity index (χ1) is 8.99. The van der Waals surface area contributed by atoms with Crippen LogP contribution in [-0.4, -0.2) is 24.1 Å². The fourth-order valence-electron chi connectivity index (χ4n) is 1.84. The summed E-state index contributed by atoms with van der Waals surface area (Å²) in [5, 5.41) is 8.08. The van der Waals surface area contributed by atoms with E-state index in [1.54, 1.807) is 24.3 Å². The number of tetrazole rings is 1. The Labute approximate surface area is 123 Å². The topological polar surface area (TPSA) is 52.7 Å². The zero-order valence-corrected chi connectivity index (χ0v) is 11.9. The Morgan fingerprint density at radius 2 is 2.00 bits per heavy atom. The summed E-state index contributed by atoms with van der Waals surface area (Å²) in [5.41, 5.74) is 0.142. The fourth-order valence-corrected chi connectivity index (χ4v) is 2.57. The molecule has 3 rings (SSSR count). The predicted molar refractivity (Wildman–Crippen MR) is 73.2 cm³/mol. The molecule has 0 aliphatic heterocycles. The largest absolute Gasteiger partial charge is 0.368 e. The van der Waals surface area contributed by atoms with Crippen molar-refractivity contribution in [3.63, 3.8) is 0 Å². The normalized spacial score (nSPS) is 20.5. The summed E-state index contributed by atoms with van der Waals surface area (Å²) < 4.78 is 1.67. The third kappa shape index (κ3) is 2.38. The second-order valence-electron chi connectivity index (χ2n) is 4.47. The van der Waals surface area contributed by atoms with Crippen molar-refractivity contribution in [3.05, 3.63) is 39.8 Å². The van der Waals surface area contributed by atoms with Gasteiger partial charge in [0.2, 0.25) is 0 Å². The summed E-state index contributed by atoms with van der Waals surface area (Å²) >= 11 is 17.9. The van der Waals surface area contributed by atoms with Gasteiger partial charge in [-0.2, -0.15) is 9.36 Å². The maximum Gasteiger partial charge on any atom is 0.368 e. The number of hydrogen-bond donors (Lipinski definition) is 0. The van der Waals surface area contributed by atoms with Crippen LogP contribution in [0, 0.1) is 5.92 Å². The molecule has 0 saturated heterocycles. The van der Waals surface area contributed by atoms with Gasteiger partial charge in [0.25, 0.3) is 0 Å². The molecule has 1 aromatic carbocycles. The van der Waals surface area contributed by atoms with Gasteiger partial charge in [0.1, 0.15) is 4.33 Å². The third-order valence-corrected chi connectivity index (χ3v) is 4.31. The Bertz CT molecular complexity index is 679. The van der Waals surface area contributed by atoms with Crippen LogP contribution in [-0.2, 0) is 6.54 Å². The minimum absolute atomic E-state index is 0.0323. The summed E-state index contributed by atoms with van der Waals surface area (Å²) in [4.78, 5) is 12.2. The SMILES string of the molecule is O=c1n(CC2CC2(Cl)Cl)nnn1-c1ccccc1Cl. The summed E-state index contributed by atoms with van der Waals surface area (Å²) in [6, 6.07) is 6.94. The van der Waals surface area contributed by atoms with E-state index in [0.29, 0.717) is 23.7 Å². The average molecular weight is 320 g/mol. The molecule has 0 bridgehead atoms. The van der Waals surface area contributed by atoms with E-state index in [1.165, 1.54) is 4.68 Å². The van der Waals surface area contributed by atoms with Gasteiger partial charge in [-0.05, 0) is 29.0 Å². The molecule has 0 amide bonds. The van der Waals surface area contributed by atoms with Crippen LogP contribution in [0.4, 0.5) is 0 Å². The van der Waals surface area contributed by atoms with Crippen LogP contribution >= 0.6 is 34.8 Å². The van der Waals surface area contributed by atoms with E-state index in [2.05, 4.69) is 10.4 Å². The van der Waals surface area contributed by atoms with E-state index in [-0.39, 0.29) is 11.6 Å².